The summed E-state index contributed by atoms with van der Waals surface area (Å²) in [4.78, 5) is 15.5. The van der Waals surface area contributed by atoms with Gasteiger partial charge in [0.05, 0.1) is 17.6 Å². The maximum Gasteiger partial charge on any atom is 0.340 e. The SMILES string of the molecule is COC(=O)c1cc(-c2ccccc2)sc1NC(=S)N1CCN(S(=O)(=O)c2ccc(C)cc2)CC1. The Bertz CT molecular complexity index is 1280. The van der Waals surface area contributed by atoms with Crippen LogP contribution in [0.3, 0.4) is 0 Å². The van der Waals surface area contributed by atoms with Crippen LogP contribution in [0.2, 0.25) is 0 Å². The van der Waals surface area contributed by atoms with E-state index in [2.05, 4.69) is 5.32 Å². The van der Waals surface area contributed by atoms with Crippen LogP contribution in [-0.4, -0.2) is 62.0 Å². The van der Waals surface area contributed by atoms with Gasteiger partial charge in [-0.2, -0.15) is 4.31 Å². The smallest absolute Gasteiger partial charge is 0.340 e. The Morgan fingerprint density at radius 2 is 1.68 bits per heavy atom. The molecule has 0 bridgehead atoms. The predicted molar refractivity (Wildman–Crippen MR) is 139 cm³/mol. The summed E-state index contributed by atoms with van der Waals surface area (Å²) in [5.74, 6) is -0.447. The highest BCUT2D eigenvalue weighted by molar-refractivity contribution is 7.89. The van der Waals surface area contributed by atoms with E-state index in [1.54, 1.807) is 30.3 Å². The van der Waals surface area contributed by atoms with Crippen LogP contribution >= 0.6 is 23.6 Å². The first-order valence-corrected chi connectivity index (χ1v) is 13.4. The molecule has 0 amide bonds. The van der Waals surface area contributed by atoms with E-state index in [1.165, 1.54) is 22.8 Å². The quantitative estimate of drug-likeness (QED) is 0.403. The molecule has 4 rings (SSSR count). The molecule has 2 heterocycles. The molecular weight excluding hydrogens is 490 g/mol. The number of nitrogens with one attached hydrogen (secondary N) is 1. The summed E-state index contributed by atoms with van der Waals surface area (Å²) in [5, 5.41) is 4.23. The number of hydrogen-bond donors (Lipinski definition) is 1. The van der Waals surface area contributed by atoms with Gasteiger partial charge >= 0.3 is 5.97 Å². The van der Waals surface area contributed by atoms with Gasteiger partial charge in [-0.3, -0.25) is 0 Å². The highest BCUT2D eigenvalue weighted by Gasteiger charge is 2.30. The van der Waals surface area contributed by atoms with Crippen LogP contribution in [-0.2, 0) is 14.8 Å². The summed E-state index contributed by atoms with van der Waals surface area (Å²) in [7, 11) is -2.21. The third kappa shape index (κ3) is 5.15. The normalized spacial score (nSPS) is 14.6. The number of ether oxygens (including phenoxy) is 1. The maximum atomic E-state index is 13.0. The maximum absolute atomic E-state index is 13.0. The lowest BCUT2D eigenvalue weighted by atomic mass is 10.1. The van der Waals surface area contributed by atoms with E-state index in [4.69, 9.17) is 17.0 Å². The molecule has 0 unspecified atom stereocenters. The van der Waals surface area contributed by atoms with E-state index in [0.29, 0.717) is 46.8 Å². The molecule has 0 atom stereocenters. The van der Waals surface area contributed by atoms with Crippen molar-refractivity contribution in [2.24, 2.45) is 0 Å². The van der Waals surface area contributed by atoms with Crippen molar-refractivity contribution in [2.75, 3.05) is 38.6 Å². The van der Waals surface area contributed by atoms with Crippen molar-refractivity contribution < 1.29 is 17.9 Å². The number of hydrogen-bond acceptors (Lipinski definition) is 6. The number of nitrogens with zero attached hydrogens (tertiary/aromatic N) is 2. The zero-order valence-electron chi connectivity index (χ0n) is 18.9. The largest absolute Gasteiger partial charge is 0.465 e. The Morgan fingerprint density at radius 3 is 2.29 bits per heavy atom. The minimum atomic E-state index is -3.55. The van der Waals surface area contributed by atoms with E-state index < -0.39 is 16.0 Å². The summed E-state index contributed by atoms with van der Waals surface area (Å²) in [5.41, 5.74) is 2.41. The fourth-order valence-electron chi connectivity index (χ4n) is 3.66. The van der Waals surface area contributed by atoms with Gasteiger partial charge in [0.25, 0.3) is 0 Å². The van der Waals surface area contributed by atoms with Crippen molar-refractivity contribution in [3.8, 4) is 10.4 Å². The third-order valence-corrected chi connectivity index (χ3v) is 8.97. The average Bonchev–Trinajstić information content (AvgIpc) is 3.28. The van der Waals surface area contributed by atoms with E-state index in [0.717, 1.165) is 16.0 Å². The number of rotatable bonds is 5. The van der Waals surface area contributed by atoms with Crippen molar-refractivity contribution >= 4 is 49.7 Å². The number of piperazine rings is 1. The molecule has 0 saturated carbocycles. The number of thiophene rings is 1. The Labute approximate surface area is 209 Å². The summed E-state index contributed by atoms with van der Waals surface area (Å²) in [6, 6.07) is 18.4. The number of thiocarbonyl (C=S) groups is 1. The van der Waals surface area contributed by atoms with E-state index in [9.17, 15) is 13.2 Å². The monoisotopic (exact) mass is 515 g/mol. The van der Waals surface area contributed by atoms with Gasteiger partial charge in [-0.25, -0.2) is 13.2 Å². The summed E-state index contributed by atoms with van der Waals surface area (Å²) in [6.07, 6.45) is 0. The molecule has 1 fully saturated rings. The van der Waals surface area contributed by atoms with E-state index >= 15 is 0 Å². The highest BCUT2D eigenvalue weighted by atomic mass is 32.2. The topological polar surface area (TPSA) is 79.0 Å². The molecule has 178 valence electrons. The van der Waals surface area contributed by atoms with Gasteiger partial charge in [-0.05, 0) is 42.9 Å². The first-order valence-electron chi connectivity index (χ1n) is 10.7. The van der Waals surface area contributed by atoms with Crippen LogP contribution in [0, 0.1) is 6.92 Å². The Balaban J connectivity index is 1.45. The molecule has 1 aromatic heterocycles. The standard InChI is InChI=1S/C24H25N3O4S3/c1-17-8-10-19(11-9-17)34(29,30)27-14-12-26(13-15-27)24(32)25-22-20(23(28)31-2)16-21(33-22)18-6-4-3-5-7-18/h3-11,16H,12-15H2,1-2H3,(H,25,32). The van der Waals surface area contributed by atoms with Gasteiger partial charge < -0.3 is 15.0 Å². The molecular formula is C24H25N3O4S3. The molecule has 2 aromatic carbocycles. The van der Waals surface area contributed by atoms with Crippen molar-refractivity contribution in [3.05, 3.63) is 71.8 Å². The second kappa shape index (κ2) is 10.2. The van der Waals surface area contributed by atoms with Crippen molar-refractivity contribution in [3.63, 3.8) is 0 Å². The number of benzene rings is 2. The van der Waals surface area contributed by atoms with E-state index in [-0.39, 0.29) is 0 Å². The predicted octanol–water partition coefficient (Wildman–Crippen LogP) is 4.21. The van der Waals surface area contributed by atoms with Crippen LogP contribution in [0.5, 0.6) is 0 Å². The number of anilines is 1. The Morgan fingerprint density at radius 1 is 1.03 bits per heavy atom. The first-order chi connectivity index (χ1) is 16.3. The number of carbonyl (C=O) groups excluding carboxylic acids is 1. The van der Waals surface area contributed by atoms with Crippen molar-refractivity contribution in [1.82, 2.24) is 9.21 Å². The molecule has 1 aliphatic heterocycles. The first kappa shape index (κ1) is 24.3. The van der Waals surface area contributed by atoms with Gasteiger partial charge in [0.15, 0.2) is 5.11 Å². The van der Waals surface area contributed by atoms with Crippen molar-refractivity contribution in [1.29, 1.82) is 0 Å². The number of methoxy groups -OCH3 is 1. The van der Waals surface area contributed by atoms with Crippen LogP contribution in [0.4, 0.5) is 5.00 Å². The second-order valence-electron chi connectivity index (χ2n) is 7.85. The third-order valence-electron chi connectivity index (χ3n) is 5.60. The van der Waals surface area contributed by atoms with Gasteiger partial charge in [-0.15, -0.1) is 11.3 Å². The molecule has 0 radical (unpaired) electrons. The summed E-state index contributed by atoms with van der Waals surface area (Å²) in [6.45, 7) is 3.46. The summed E-state index contributed by atoms with van der Waals surface area (Å²) < 4.78 is 32.4. The Hall–Kier alpha value is -2.79. The fourth-order valence-corrected chi connectivity index (χ4v) is 6.48. The van der Waals surface area contributed by atoms with Gasteiger partial charge in [0, 0.05) is 31.1 Å². The Kier molecular flexibility index (Phi) is 7.32. The molecule has 1 aliphatic rings. The average molecular weight is 516 g/mol. The van der Waals surface area contributed by atoms with Gasteiger partial charge in [0.1, 0.15) is 5.00 Å². The number of esters is 1. The minimum absolute atomic E-state index is 0.294. The van der Waals surface area contributed by atoms with Crippen LogP contribution in [0.25, 0.3) is 10.4 Å². The lowest BCUT2D eigenvalue weighted by molar-refractivity contribution is 0.0602. The lowest BCUT2D eigenvalue weighted by Crippen LogP contribution is -2.51. The molecule has 1 saturated heterocycles. The number of sulfonamides is 1. The van der Waals surface area contributed by atoms with Crippen LogP contribution < -0.4 is 5.32 Å². The number of carbonyl (C=O) groups is 1. The zero-order valence-corrected chi connectivity index (χ0v) is 21.3. The van der Waals surface area contributed by atoms with Crippen molar-refractivity contribution in [2.45, 2.75) is 11.8 Å². The molecule has 0 spiro atoms. The molecule has 10 heteroatoms. The van der Waals surface area contributed by atoms with Gasteiger partial charge in [0.2, 0.25) is 10.0 Å². The molecule has 34 heavy (non-hydrogen) atoms. The van der Waals surface area contributed by atoms with Crippen LogP contribution in [0.15, 0.2) is 65.6 Å². The van der Waals surface area contributed by atoms with E-state index in [1.807, 2.05) is 42.2 Å². The molecule has 7 nitrogen and oxygen atoms in total. The minimum Gasteiger partial charge on any atom is -0.465 e. The molecule has 1 N–H and O–H groups in total. The highest BCUT2D eigenvalue weighted by Crippen LogP contribution is 2.36. The molecule has 3 aromatic rings. The fraction of sp³-hybridized carbons (Fsp3) is 0.250. The van der Waals surface area contributed by atoms with Crippen LogP contribution in [0.1, 0.15) is 15.9 Å². The zero-order chi connectivity index (χ0) is 24.3. The second-order valence-corrected chi connectivity index (χ2v) is 11.2. The summed E-state index contributed by atoms with van der Waals surface area (Å²) >= 11 is 7.03. The number of aryl methyl sites for hydroxylation is 1. The van der Waals surface area contributed by atoms with Gasteiger partial charge in [-0.1, -0.05) is 48.0 Å². The lowest BCUT2D eigenvalue weighted by Gasteiger charge is -2.35. The molecule has 0 aliphatic carbocycles.